The molecule has 0 N–H and O–H groups in total. The molecule has 10 heteroatoms. The number of nitrogens with zero attached hydrogens (tertiary/aromatic N) is 1. The van der Waals surface area contributed by atoms with E-state index in [0.717, 1.165) is 103 Å². The molecule has 0 fully saturated rings. The lowest BCUT2D eigenvalue weighted by Crippen LogP contribution is -2.37. The molecule has 0 aromatic carbocycles. The lowest BCUT2D eigenvalue weighted by atomic mass is 10.0. The molecule has 0 rings (SSSR count). The Morgan fingerprint density at radius 1 is 0.427 bits per heavy atom. The molecule has 0 saturated heterocycles. The molecule has 0 spiro atoms. The zero-order chi connectivity index (χ0) is 54.9. The highest BCUT2D eigenvalue weighted by Crippen LogP contribution is 2.38. The van der Waals surface area contributed by atoms with Gasteiger partial charge in [-0.1, -0.05) is 252 Å². The number of phosphoric ester groups is 1. The first kappa shape index (κ1) is 71.7. The van der Waals surface area contributed by atoms with Crippen LogP contribution in [0.4, 0.5) is 0 Å². The van der Waals surface area contributed by atoms with E-state index < -0.39 is 26.5 Å². The van der Waals surface area contributed by atoms with Gasteiger partial charge >= 0.3 is 11.9 Å². The largest absolute Gasteiger partial charge is 0.756 e. The Morgan fingerprint density at radius 3 is 1.13 bits per heavy atom. The monoisotopic (exact) mass is 1070 g/mol. The molecule has 0 saturated carbocycles. The molecule has 0 heterocycles. The van der Waals surface area contributed by atoms with Gasteiger partial charge in [-0.3, -0.25) is 14.2 Å². The van der Waals surface area contributed by atoms with Gasteiger partial charge in [0.1, 0.15) is 19.8 Å². The zero-order valence-corrected chi connectivity index (χ0v) is 49.6. The minimum atomic E-state index is -4.64. The molecule has 0 radical (unpaired) electrons. The minimum absolute atomic E-state index is 0.0370. The third-order valence-corrected chi connectivity index (χ3v) is 13.5. The van der Waals surface area contributed by atoms with Crippen LogP contribution in [-0.2, 0) is 32.7 Å². The molecule has 0 bridgehead atoms. The highest BCUT2D eigenvalue weighted by molar-refractivity contribution is 7.45. The molecule has 75 heavy (non-hydrogen) atoms. The lowest BCUT2D eigenvalue weighted by molar-refractivity contribution is -0.870. The van der Waals surface area contributed by atoms with Gasteiger partial charge in [0.2, 0.25) is 0 Å². The van der Waals surface area contributed by atoms with Gasteiger partial charge in [-0.25, -0.2) is 0 Å². The highest BCUT2D eigenvalue weighted by Gasteiger charge is 2.22. The van der Waals surface area contributed by atoms with Crippen LogP contribution in [0.2, 0.25) is 0 Å². The number of hydrogen-bond acceptors (Lipinski definition) is 8. The first-order chi connectivity index (χ1) is 36.5. The summed E-state index contributed by atoms with van der Waals surface area (Å²) >= 11 is 0. The molecule has 0 aliphatic heterocycles. The molecule has 2 unspecified atom stereocenters. The summed E-state index contributed by atoms with van der Waals surface area (Å²) in [5.41, 5.74) is 0. The van der Waals surface area contributed by atoms with E-state index in [9.17, 15) is 19.0 Å². The number of hydrogen-bond donors (Lipinski definition) is 0. The number of phosphoric acid groups is 1. The van der Waals surface area contributed by atoms with Crippen molar-refractivity contribution in [3.05, 3.63) is 109 Å². The maximum absolute atomic E-state index is 12.8. The van der Waals surface area contributed by atoms with Crippen molar-refractivity contribution in [2.75, 3.05) is 47.5 Å². The van der Waals surface area contributed by atoms with Crippen LogP contribution in [0.15, 0.2) is 109 Å². The topological polar surface area (TPSA) is 111 Å². The maximum Gasteiger partial charge on any atom is 0.306 e. The van der Waals surface area contributed by atoms with Crippen LogP contribution in [0, 0.1) is 0 Å². The average Bonchev–Trinajstić information content (AvgIpc) is 3.37. The molecule has 0 amide bonds. The maximum atomic E-state index is 12.8. The number of carbonyl (C=O) groups excluding carboxylic acids is 2. The Labute approximate surface area is 461 Å². The number of quaternary nitrogens is 1. The van der Waals surface area contributed by atoms with Crippen molar-refractivity contribution in [2.45, 2.75) is 245 Å². The minimum Gasteiger partial charge on any atom is -0.756 e. The third kappa shape index (κ3) is 59.8. The van der Waals surface area contributed by atoms with Gasteiger partial charge in [-0.05, 0) is 83.5 Å². The predicted octanol–water partition coefficient (Wildman–Crippen LogP) is 18.3. The summed E-state index contributed by atoms with van der Waals surface area (Å²) in [4.78, 5) is 37.9. The predicted molar refractivity (Wildman–Crippen MR) is 318 cm³/mol. The molecule has 2 atom stereocenters. The Kier molecular flexibility index (Phi) is 53.0. The molecule has 0 aliphatic carbocycles. The summed E-state index contributed by atoms with van der Waals surface area (Å²) in [6.45, 7) is 4.12. The van der Waals surface area contributed by atoms with Crippen LogP contribution in [0.3, 0.4) is 0 Å². The quantitative estimate of drug-likeness (QED) is 0.0195. The molecule has 0 aliphatic rings. The fourth-order valence-electron chi connectivity index (χ4n) is 7.94. The summed E-state index contributed by atoms with van der Waals surface area (Å²) in [6, 6.07) is 0. The normalized spacial score (nSPS) is 14.1. The second-order valence-corrected chi connectivity index (χ2v) is 22.4. The Bertz CT molecular complexity index is 1630. The average molecular weight is 1070 g/mol. The molecular weight excluding hydrogens is 954 g/mol. The summed E-state index contributed by atoms with van der Waals surface area (Å²) < 4.78 is 34.1. The van der Waals surface area contributed by atoms with Crippen LogP contribution in [0.5, 0.6) is 0 Å². The Balaban J connectivity index is 4.17. The first-order valence-corrected chi connectivity index (χ1v) is 31.6. The van der Waals surface area contributed by atoms with E-state index in [4.69, 9.17) is 18.5 Å². The van der Waals surface area contributed by atoms with Gasteiger partial charge in [-0.15, -0.1) is 0 Å². The fourth-order valence-corrected chi connectivity index (χ4v) is 8.67. The SMILES string of the molecule is CC/C=C\C/C=C\C/C=C\C/C=C\C/C=C\C/C=C\C/C=C\C/C=C\C/C=C\CCCCCCCCCC(=O)OC(COC(=O)CCCCCCCCCCCCCCCCCC)COP(=O)([O-])OCC[N+](C)(C)C. The third-order valence-electron chi connectivity index (χ3n) is 12.6. The number of unbranched alkanes of at least 4 members (excludes halogenated alkanes) is 22. The second kappa shape index (κ2) is 55.4. The number of ether oxygens (including phenoxy) is 2. The number of likely N-dealkylation sites (N-methyl/N-ethyl adjacent to an activating group) is 1. The molecule has 430 valence electrons. The van der Waals surface area contributed by atoms with Crippen molar-refractivity contribution >= 4 is 19.8 Å². The van der Waals surface area contributed by atoms with Gasteiger partial charge in [-0.2, -0.15) is 0 Å². The smallest absolute Gasteiger partial charge is 0.306 e. The van der Waals surface area contributed by atoms with Crippen molar-refractivity contribution in [1.29, 1.82) is 0 Å². The molecule has 9 nitrogen and oxygen atoms in total. The summed E-state index contributed by atoms with van der Waals surface area (Å²) in [6.07, 6.45) is 77.1. The van der Waals surface area contributed by atoms with Crippen LogP contribution in [0.25, 0.3) is 0 Å². The number of esters is 2. The zero-order valence-electron chi connectivity index (χ0n) is 48.7. The molecule has 0 aromatic heterocycles. The number of allylic oxidation sites excluding steroid dienone is 18. The standard InChI is InChI=1S/C65H112NO8P/c1-6-8-10-12-14-16-18-20-22-24-25-26-27-28-29-30-31-32-33-34-35-36-37-38-39-40-41-42-44-46-48-50-52-54-56-58-65(68)74-63(62-73-75(69,70)72-60-59-66(3,4)5)61-71-64(67)57-55-53-51-49-47-45-43-23-21-19-17-15-13-11-9-7-2/h8,10,14,16,20,22,25-26,28-29,31-32,34-35,37-38,40-41,63H,6-7,9,11-13,15,17-19,21,23-24,27,30,33,36,39,42-62H2,1-5H3/b10-8-,16-14-,22-20-,26-25-,29-28-,32-31-,35-34-,38-37-,41-40-. The van der Waals surface area contributed by atoms with E-state index in [1.807, 2.05) is 21.1 Å². The molecule has 0 aromatic rings. The van der Waals surface area contributed by atoms with Gasteiger partial charge in [0.15, 0.2) is 6.10 Å². The van der Waals surface area contributed by atoms with Gasteiger partial charge < -0.3 is 27.9 Å². The Morgan fingerprint density at radius 2 is 0.760 bits per heavy atom. The van der Waals surface area contributed by atoms with E-state index >= 15 is 0 Å². The lowest BCUT2D eigenvalue weighted by Gasteiger charge is -2.28. The Hall–Kier alpha value is -3.33. The van der Waals surface area contributed by atoms with Crippen LogP contribution in [0.1, 0.15) is 239 Å². The first-order valence-electron chi connectivity index (χ1n) is 30.1. The van der Waals surface area contributed by atoms with Crippen molar-refractivity contribution in [2.24, 2.45) is 0 Å². The number of rotatable bonds is 54. The van der Waals surface area contributed by atoms with E-state index in [1.54, 1.807) is 0 Å². The van der Waals surface area contributed by atoms with Crippen molar-refractivity contribution in [3.63, 3.8) is 0 Å². The number of carbonyl (C=O) groups is 2. The van der Waals surface area contributed by atoms with Gasteiger partial charge in [0.05, 0.1) is 27.7 Å². The van der Waals surface area contributed by atoms with Crippen LogP contribution in [-0.4, -0.2) is 70.0 Å². The van der Waals surface area contributed by atoms with Crippen LogP contribution >= 0.6 is 7.82 Å². The van der Waals surface area contributed by atoms with Crippen molar-refractivity contribution in [1.82, 2.24) is 0 Å². The summed E-state index contributed by atoms with van der Waals surface area (Å²) in [7, 11) is 1.15. The molecular formula is C65H112NO8P. The van der Waals surface area contributed by atoms with E-state index in [2.05, 4.69) is 123 Å². The van der Waals surface area contributed by atoms with Crippen LogP contribution < -0.4 is 4.89 Å². The fraction of sp³-hybridized carbons (Fsp3) is 0.692. The van der Waals surface area contributed by atoms with Crippen molar-refractivity contribution in [3.8, 4) is 0 Å². The van der Waals surface area contributed by atoms with E-state index in [0.29, 0.717) is 17.4 Å². The van der Waals surface area contributed by atoms with Crippen molar-refractivity contribution < 1.29 is 42.1 Å². The highest BCUT2D eigenvalue weighted by atomic mass is 31.2. The summed E-state index contributed by atoms with van der Waals surface area (Å²) in [5.74, 6) is -0.846. The summed E-state index contributed by atoms with van der Waals surface area (Å²) in [5, 5.41) is 0. The van der Waals surface area contributed by atoms with E-state index in [-0.39, 0.29) is 32.0 Å². The second-order valence-electron chi connectivity index (χ2n) is 21.0. The van der Waals surface area contributed by atoms with E-state index in [1.165, 1.54) is 103 Å². The van der Waals surface area contributed by atoms with Gasteiger partial charge in [0.25, 0.3) is 7.82 Å². The van der Waals surface area contributed by atoms with Gasteiger partial charge in [0, 0.05) is 12.8 Å².